The van der Waals surface area contributed by atoms with Gasteiger partial charge < -0.3 is 10.6 Å². The molecule has 0 saturated heterocycles. The predicted octanol–water partition coefficient (Wildman–Crippen LogP) is 5.14. The first-order valence-corrected chi connectivity index (χ1v) is 9.45. The first-order chi connectivity index (χ1) is 14.1. The summed E-state index contributed by atoms with van der Waals surface area (Å²) in [6.07, 6.45) is 3.30. The molecule has 2 aromatic carbocycles. The SMILES string of the molecule is CC(C)c1ccc(NC(=O)c2ccnc(Nc3cccc4cccnc34)n2)cc1. The number of carbonyl (C=O) groups is 1. The fraction of sp³-hybridized carbons (Fsp3) is 0.130. The van der Waals surface area contributed by atoms with Crippen LogP contribution in [0.15, 0.2) is 73.1 Å². The van der Waals surface area contributed by atoms with Gasteiger partial charge in [0.05, 0.1) is 11.2 Å². The minimum atomic E-state index is -0.288. The fourth-order valence-electron chi connectivity index (χ4n) is 3.02. The molecule has 0 fully saturated rings. The Labute approximate surface area is 169 Å². The number of pyridine rings is 1. The molecule has 0 aliphatic rings. The zero-order chi connectivity index (χ0) is 20.2. The third-order valence-electron chi connectivity index (χ3n) is 4.60. The van der Waals surface area contributed by atoms with Crippen molar-refractivity contribution in [1.29, 1.82) is 0 Å². The second-order valence-corrected chi connectivity index (χ2v) is 7.00. The quantitative estimate of drug-likeness (QED) is 0.498. The summed E-state index contributed by atoms with van der Waals surface area (Å²) in [4.78, 5) is 25.6. The average molecular weight is 383 g/mol. The number of para-hydroxylation sites is 1. The number of fused-ring (bicyclic) bond motifs is 1. The summed E-state index contributed by atoms with van der Waals surface area (Å²) in [5.41, 5.74) is 3.83. The van der Waals surface area contributed by atoms with Crippen LogP contribution in [0.25, 0.3) is 10.9 Å². The van der Waals surface area contributed by atoms with Crippen molar-refractivity contribution < 1.29 is 4.79 Å². The van der Waals surface area contributed by atoms with E-state index >= 15 is 0 Å². The molecule has 2 N–H and O–H groups in total. The van der Waals surface area contributed by atoms with Crippen LogP contribution in [0.2, 0.25) is 0 Å². The van der Waals surface area contributed by atoms with E-state index in [1.165, 1.54) is 5.56 Å². The summed E-state index contributed by atoms with van der Waals surface area (Å²) in [6.45, 7) is 4.27. The fourth-order valence-corrected chi connectivity index (χ4v) is 3.02. The average Bonchev–Trinajstić information content (AvgIpc) is 2.74. The van der Waals surface area contributed by atoms with Gasteiger partial charge in [0.25, 0.3) is 5.91 Å². The van der Waals surface area contributed by atoms with Gasteiger partial charge in [0.1, 0.15) is 5.69 Å². The topological polar surface area (TPSA) is 79.8 Å². The molecule has 0 aliphatic heterocycles. The maximum atomic E-state index is 12.6. The highest BCUT2D eigenvalue weighted by Gasteiger charge is 2.11. The van der Waals surface area contributed by atoms with E-state index in [1.807, 2.05) is 54.6 Å². The molecule has 0 spiro atoms. The van der Waals surface area contributed by atoms with Crippen LogP contribution in [0.3, 0.4) is 0 Å². The molecule has 2 heterocycles. The van der Waals surface area contributed by atoms with Crippen LogP contribution >= 0.6 is 0 Å². The molecule has 0 atom stereocenters. The highest BCUT2D eigenvalue weighted by Crippen LogP contribution is 2.23. The summed E-state index contributed by atoms with van der Waals surface area (Å²) in [5, 5.41) is 7.05. The number of nitrogens with one attached hydrogen (secondary N) is 2. The Kier molecular flexibility index (Phi) is 5.16. The van der Waals surface area contributed by atoms with Gasteiger partial charge in [-0.1, -0.05) is 44.2 Å². The van der Waals surface area contributed by atoms with E-state index in [2.05, 4.69) is 39.4 Å². The zero-order valence-corrected chi connectivity index (χ0v) is 16.3. The van der Waals surface area contributed by atoms with E-state index in [4.69, 9.17) is 0 Å². The highest BCUT2D eigenvalue weighted by atomic mass is 16.1. The summed E-state index contributed by atoms with van der Waals surface area (Å²) < 4.78 is 0. The molecule has 0 unspecified atom stereocenters. The van der Waals surface area contributed by atoms with E-state index in [1.54, 1.807) is 18.5 Å². The monoisotopic (exact) mass is 383 g/mol. The molecule has 29 heavy (non-hydrogen) atoms. The van der Waals surface area contributed by atoms with Gasteiger partial charge in [-0.2, -0.15) is 0 Å². The standard InChI is InChI=1S/C23H21N5O/c1-15(2)16-8-10-18(11-9-16)26-22(29)20-12-14-25-23(28-20)27-19-7-3-5-17-6-4-13-24-21(17)19/h3-15H,1-2H3,(H,26,29)(H,25,27,28). The van der Waals surface area contributed by atoms with Gasteiger partial charge in [-0.05, 0) is 41.8 Å². The van der Waals surface area contributed by atoms with Gasteiger partial charge in [0.15, 0.2) is 0 Å². The van der Waals surface area contributed by atoms with Gasteiger partial charge >= 0.3 is 0 Å². The Morgan fingerprint density at radius 2 is 1.69 bits per heavy atom. The van der Waals surface area contributed by atoms with E-state index in [0.29, 0.717) is 11.9 Å². The van der Waals surface area contributed by atoms with E-state index < -0.39 is 0 Å². The molecule has 6 heteroatoms. The van der Waals surface area contributed by atoms with Crippen molar-refractivity contribution >= 4 is 34.1 Å². The molecule has 6 nitrogen and oxygen atoms in total. The van der Waals surface area contributed by atoms with Crippen molar-refractivity contribution in [2.24, 2.45) is 0 Å². The molecule has 0 radical (unpaired) electrons. The second-order valence-electron chi connectivity index (χ2n) is 7.00. The van der Waals surface area contributed by atoms with Gasteiger partial charge in [-0.15, -0.1) is 0 Å². The Morgan fingerprint density at radius 1 is 0.897 bits per heavy atom. The minimum absolute atomic E-state index is 0.281. The van der Waals surface area contributed by atoms with Crippen molar-refractivity contribution in [2.75, 3.05) is 10.6 Å². The van der Waals surface area contributed by atoms with Gasteiger partial charge in [-0.3, -0.25) is 9.78 Å². The highest BCUT2D eigenvalue weighted by molar-refractivity contribution is 6.03. The molecular weight excluding hydrogens is 362 g/mol. The third kappa shape index (κ3) is 4.21. The summed E-state index contributed by atoms with van der Waals surface area (Å²) in [5.74, 6) is 0.494. The molecule has 0 aliphatic carbocycles. The maximum Gasteiger partial charge on any atom is 0.274 e. The molecule has 4 rings (SSSR count). The van der Waals surface area contributed by atoms with Gasteiger partial charge in [0, 0.05) is 23.5 Å². The number of hydrogen-bond acceptors (Lipinski definition) is 5. The van der Waals surface area contributed by atoms with Gasteiger partial charge in [0.2, 0.25) is 5.95 Å². The zero-order valence-electron chi connectivity index (χ0n) is 16.3. The van der Waals surface area contributed by atoms with Crippen LogP contribution in [0.4, 0.5) is 17.3 Å². The van der Waals surface area contributed by atoms with Crippen molar-refractivity contribution in [3.8, 4) is 0 Å². The van der Waals surface area contributed by atoms with Crippen LogP contribution in [0, 0.1) is 0 Å². The first kappa shape index (κ1) is 18.6. The minimum Gasteiger partial charge on any atom is -0.322 e. The number of carbonyl (C=O) groups excluding carboxylic acids is 1. The summed E-state index contributed by atoms with van der Waals surface area (Å²) >= 11 is 0. The summed E-state index contributed by atoms with van der Waals surface area (Å²) in [6, 6.07) is 19.1. The Bertz CT molecular complexity index is 1150. The number of benzene rings is 2. The molecule has 0 saturated carbocycles. The molecule has 0 bridgehead atoms. The molecular formula is C23H21N5O. The largest absolute Gasteiger partial charge is 0.322 e. The second kappa shape index (κ2) is 8.06. The van der Waals surface area contributed by atoms with Crippen molar-refractivity contribution in [2.45, 2.75) is 19.8 Å². The van der Waals surface area contributed by atoms with Crippen LogP contribution in [-0.2, 0) is 0 Å². The van der Waals surface area contributed by atoms with Crippen LogP contribution in [0.5, 0.6) is 0 Å². The smallest absolute Gasteiger partial charge is 0.274 e. The normalized spacial score (nSPS) is 10.9. The Morgan fingerprint density at radius 3 is 2.48 bits per heavy atom. The maximum absolute atomic E-state index is 12.6. The number of aromatic nitrogens is 3. The number of hydrogen-bond donors (Lipinski definition) is 2. The number of rotatable bonds is 5. The molecule has 1 amide bonds. The van der Waals surface area contributed by atoms with E-state index in [0.717, 1.165) is 22.3 Å². The summed E-state index contributed by atoms with van der Waals surface area (Å²) in [7, 11) is 0. The first-order valence-electron chi connectivity index (χ1n) is 9.45. The third-order valence-corrected chi connectivity index (χ3v) is 4.60. The van der Waals surface area contributed by atoms with Crippen LogP contribution in [-0.4, -0.2) is 20.9 Å². The molecule has 4 aromatic rings. The van der Waals surface area contributed by atoms with Crippen molar-refractivity contribution in [3.63, 3.8) is 0 Å². The van der Waals surface area contributed by atoms with E-state index in [-0.39, 0.29) is 11.6 Å². The predicted molar refractivity (Wildman–Crippen MR) is 116 cm³/mol. The van der Waals surface area contributed by atoms with Crippen LogP contribution < -0.4 is 10.6 Å². The molecule has 144 valence electrons. The Balaban J connectivity index is 1.53. The molecule has 2 aromatic heterocycles. The van der Waals surface area contributed by atoms with E-state index in [9.17, 15) is 4.79 Å². The Hall–Kier alpha value is -3.80. The lowest BCUT2D eigenvalue weighted by molar-refractivity contribution is 0.102. The lowest BCUT2D eigenvalue weighted by Crippen LogP contribution is -2.14. The lowest BCUT2D eigenvalue weighted by Gasteiger charge is -2.10. The lowest BCUT2D eigenvalue weighted by atomic mass is 10.0. The van der Waals surface area contributed by atoms with Gasteiger partial charge in [-0.25, -0.2) is 9.97 Å². The van der Waals surface area contributed by atoms with Crippen molar-refractivity contribution in [1.82, 2.24) is 15.0 Å². The van der Waals surface area contributed by atoms with Crippen molar-refractivity contribution in [3.05, 3.63) is 84.3 Å². The van der Waals surface area contributed by atoms with Crippen LogP contribution in [0.1, 0.15) is 35.8 Å². The number of anilines is 3. The number of nitrogens with zero attached hydrogens (tertiary/aromatic N) is 3. The number of amides is 1.